The monoisotopic (exact) mass is 486 g/mol. The number of rotatable bonds is 7. The van der Waals surface area contributed by atoms with Crippen LogP contribution in [0.25, 0.3) is 0 Å². The van der Waals surface area contributed by atoms with Crippen molar-refractivity contribution in [1.82, 2.24) is 10.2 Å². The first kappa shape index (κ1) is 23.7. The van der Waals surface area contributed by atoms with Crippen LogP contribution in [-0.2, 0) is 17.8 Å². The number of benzene rings is 3. The molecule has 0 fully saturated rings. The Hall–Kier alpha value is -4.00. The molecule has 0 saturated carbocycles. The van der Waals surface area contributed by atoms with E-state index in [0.29, 0.717) is 42.3 Å². The van der Waals surface area contributed by atoms with Gasteiger partial charge in [-0.15, -0.1) is 0 Å². The molecule has 0 radical (unpaired) electrons. The highest BCUT2D eigenvalue weighted by atomic mass is 16.5. The van der Waals surface area contributed by atoms with Gasteiger partial charge in [0.25, 0.3) is 5.91 Å². The van der Waals surface area contributed by atoms with Crippen LogP contribution in [0.3, 0.4) is 0 Å². The number of nitrogens with zero attached hydrogens (tertiary/aromatic N) is 1. The Labute approximate surface area is 211 Å². The minimum Gasteiger partial charge on any atom is -0.494 e. The second-order valence-electron chi connectivity index (χ2n) is 8.92. The smallest absolute Gasteiger partial charge is 0.254 e. The minimum atomic E-state index is -0.613. The van der Waals surface area contributed by atoms with Gasteiger partial charge < -0.3 is 24.4 Å². The van der Waals surface area contributed by atoms with Crippen molar-refractivity contribution in [3.05, 3.63) is 88.5 Å². The highest BCUT2D eigenvalue weighted by Crippen LogP contribution is 2.48. The summed E-state index contributed by atoms with van der Waals surface area (Å²) in [5.41, 5.74) is 4.18. The fraction of sp³-hybridized carbons (Fsp3) is 0.310. The molecule has 0 saturated heterocycles. The molecule has 0 aliphatic carbocycles. The molecular weight excluding hydrogens is 456 g/mol. The molecule has 186 valence electrons. The van der Waals surface area contributed by atoms with E-state index in [0.717, 1.165) is 28.9 Å². The van der Waals surface area contributed by atoms with Gasteiger partial charge in [0.2, 0.25) is 5.91 Å². The second kappa shape index (κ2) is 9.93. The van der Waals surface area contributed by atoms with Gasteiger partial charge in [0.05, 0.1) is 32.8 Å². The molecule has 0 bridgehead atoms. The van der Waals surface area contributed by atoms with Crippen molar-refractivity contribution in [3.63, 3.8) is 0 Å². The van der Waals surface area contributed by atoms with Crippen LogP contribution in [-0.4, -0.2) is 44.1 Å². The quantitative estimate of drug-likeness (QED) is 0.540. The van der Waals surface area contributed by atoms with Crippen molar-refractivity contribution in [3.8, 4) is 17.2 Å². The average molecular weight is 487 g/mol. The van der Waals surface area contributed by atoms with Crippen LogP contribution in [0.1, 0.15) is 51.5 Å². The van der Waals surface area contributed by atoms with E-state index in [1.54, 1.807) is 19.2 Å². The number of carbonyl (C=O) groups is 2. The van der Waals surface area contributed by atoms with Gasteiger partial charge in [-0.1, -0.05) is 42.5 Å². The SMILES string of the molecule is CCOc1ccccc1CNC(=O)[C@@H]1c2cc(OC)c(OC)cc2C(=O)N2CCc3ccccc3[C@@H]12. The summed E-state index contributed by atoms with van der Waals surface area (Å²) in [6, 6.07) is 18.8. The number of para-hydroxylation sites is 1. The Bertz CT molecular complexity index is 1300. The van der Waals surface area contributed by atoms with Crippen LogP contribution < -0.4 is 19.5 Å². The first-order valence-electron chi connectivity index (χ1n) is 12.2. The molecule has 5 rings (SSSR count). The number of carbonyl (C=O) groups excluding carboxylic acids is 2. The molecule has 2 amide bonds. The Kier molecular flexibility index (Phi) is 6.55. The van der Waals surface area contributed by atoms with E-state index < -0.39 is 12.0 Å². The van der Waals surface area contributed by atoms with Crippen LogP contribution in [0.5, 0.6) is 17.2 Å². The maximum Gasteiger partial charge on any atom is 0.254 e. The van der Waals surface area contributed by atoms with E-state index in [1.165, 1.54) is 7.11 Å². The van der Waals surface area contributed by atoms with Gasteiger partial charge >= 0.3 is 0 Å². The Balaban J connectivity index is 1.58. The Morgan fingerprint density at radius 3 is 2.47 bits per heavy atom. The number of nitrogens with one attached hydrogen (secondary N) is 1. The lowest BCUT2D eigenvalue weighted by atomic mass is 9.75. The fourth-order valence-corrected chi connectivity index (χ4v) is 5.37. The van der Waals surface area contributed by atoms with E-state index in [4.69, 9.17) is 14.2 Å². The molecule has 2 aliphatic rings. The van der Waals surface area contributed by atoms with E-state index in [9.17, 15) is 9.59 Å². The number of fused-ring (bicyclic) bond motifs is 4. The zero-order valence-electron chi connectivity index (χ0n) is 20.7. The van der Waals surface area contributed by atoms with Gasteiger partial charge in [0.15, 0.2) is 11.5 Å². The number of hydrogen-bond acceptors (Lipinski definition) is 5. The summed E-state index contributed by atoms with van der Waals surface area (Å²) >= 11 is 0. The van der Waals surface area contributed by atoms with Crippen molar-refractivity contribution in [2.45, 2.75) is 31.8 Å². The predicted molar refractivity (Wildman–Crippen MR) is 136 cm³/mol. The lowest BCUT2D eigenvalue weighted by molar-refractivity contribution is -0.124. The molecule has 0 aromatic heterocycles. The van der Waals surface area contributed by atoms with E-state index in [1.807, 2.05) is 54.3 Å². The van der Waals surface area contributed by atoms with E-state index in [2.05, 4.69) is 11.4 Å². The van der Waals surface area contributed by atoms with Crippen LogP contribution in [0.15, 0.2) is 60.7 Å². The summed E-state index contributed by atoms with van der Waals surface area (Å²) in [5.74, 6) is 0.824. The van der Waals surface area contributed by atoms with Gasteiger partial charge in [-0.2, -0.15) is 0 Å². The highest BCUT2D eigenvalue weighted by molar-refractivity contribution is 6.02. The van der Waals surface area contributed by atoms with Crippen LogP contribution in [0, 0.1) is 0 Å². The van der Waals surface area contributed by atoms with Crippen molar-refractivity contribution in [2.24, 2.45) is 0 Å². The van der Waals surface area contributed by atoms with Crippen molar-refractivity contribution < 1.29 is 23.8 Å². The summed E-state index contributed by atoms with van der Waals surface area (Å²) in [4.78, 5) is 29.5. The van der Waals surface area contributed by atoms with Crippen LogP contribution in [0.4, 0.5) is 0 Å². The Morgan fingerprint density at radius 2 is 1.69 bits per heavy atom. The van der Waals surface area contributed by atoms with Crippen molar-refractivity contribution in [2.75, 3.05) is 27.4 Å². The lowest BCUT2D eigenvalue weighted by Crippen LogP contribution is -2.50. The normalized spacial score (nSPS) is 18.0. The topological polar surface area (TPSA) is 77.1 Å². The van der Waals surface area contributed by atoms with Crippen molar-refractivity contribution >= 4 is 11.8 Å². The number of methoxy groups -OCH3 is 2. The Morgan fingerprint density at radius 1 is 0.972 bits per heavy atom. The van der Waals surface area contributed by atoms with Crippen LogP contribution in [0.2, 0.25) is 0 Å². The highest BCUT2D eigenvalue weighted by Gasteiger charge is 2.46. The minimum absolute atomic E-state index is 0.101. The molecule has 0 spiro atoms. The summed E-state index contributed by atoms with van der Waals surface area (Å²) in [7, 11) is 3.09. The van der Waals surface area contributed by atoms with Gasteiger partial charge in [-0.3, -0.25) is 9.59 Å². The molecule has 0 unspecified atom stereocenters. The number of ether oxygens (including phenoxy) is 3. The van der Waals surface area contributed by atoms with E-state index in [-0.39, 0.29) is 11.8 Å². The molecule has 2 aliphatic heterocycles. The summed E-state index contributed by atoms with van der Waals surface area (Å²) in [6.07, 6.45) is 0.747. The van der Waals surface area contributed by atoms with Crippen LogP contribution >= 0.6 is 0 Å². The van der Waals surface area contributed by atoms with Gasteiger partial charge in [0.1, 0.15) is 5.75 Å². The maximum absolute atomic E-state index is 14.0. The molecule has 3 aromatic rings. The molecule has 2 heterocycles. The third-order valence-electron chi connectivity index (χ3n) is 7.04. The molecular formula is C29H30N2O5. The molecule has 3 aromatic carbocycles. The summed E-state index contributed by atoms with van der Waals surface area (Å²) in [6.45, 7) is 3.34. The van der Waals surface area contributed by atoms with Crippen molar-refractivity contribution in [1.29, 1.82) is 0 Å². The predicted octanol–water partition coefficient (Wildman–Crippen LogP) is 4.26. The van der Waals surface area contributed by atoms with E-state index >= 15 is 0 Å². The van der Waals surface area contributed by atoms with Gasteiger partial charge in [-0.25, -0.2) is 0 Å². The number of amides is 2. The first-order chi connectivity index (χ1) is 17.6. The maximum atomic E-state index is 14.0. The largest absolute Gasteiger partial charge is 0.494 e. The standard InChI is InChI=1S/C29H30N2O5/c1-4-36-23-12-8-6-10-19(23)17-30-28(32)26-21-15-24(34-2)25(35-3)16-22(21)29(33)31-14-13-18-9-5-7-11-20(18)27(26)31/h5-12,15-16,26-27H,4,13-14,17H2,1-3H3,(H,30,32)/t26-,27+/m1/s1. The third kappa shape index (κ3) is 4.04. The first-order valence-corrected chi connectivity index (χ1v) is 12.2. The summed E-state index contributed by atoms with van der Waals surface area (Å²) < 4.78 is 16.8. The molecule has 7 heteroatoms. The third-order valence-corrected chi connectivity index (χ3v) is 7.04. The molecule has 1 N–H and O–H groups in total. The molecule has 7 nitrogen and oxygen atoms in total. The zero-order valence-corrected chi connectivity index (χ0v) is 20.7. The fourth-order valence-electron chi connectivity index (χ4n) is 5.37. The molecule has 2 atom stereocenters. The second-order valence-corrected chi connectivity index (χ2v) is 8.92. The zero-order chi connectivity index (χ0) is 25.2. The summed E-state index contributed by atoms with van der Waals surface area (Å²) in [5, 5.41) is 3.12. The van der Waals surface area contributed by atoms with Gasteiger partial charge in [-0.05, 0) is 48.2 Å². The average Bonchev–Trinajstić information content (AvgIpc) is 2.92. The lowest BCUT2D eigenvalue weighted by Gasteiger charge is -2.45. The molecule has 36 heavy (non-hydrogen) atoms. The van der Waals surface area contributed by atoms with Gasteiger partial charge in [0, 0.05) is 24.2 Å². The number of hydrogen-bond donors (Lipinski definition) is 1.